The summed E-state index contributed by atoms with van der Waals surface area (Å²) in [5.74, 6) is -1.62. The Morgan fingerprint density at radius 3 is 2.17 bits per heavy atom. The van der Waals surface area contributed by atoms with E-state index >= 15 is 0 Å². The van der Waals surface area contributed by atoms with Crippen LogP contribution < -0.4 is 10.6 Å². The first kappa shape index (κ1) is 28.5. The summed E-state index contributed by atoms with van der Waals surface area (Å²) in [6, 6.07) is 28.1. The molecule has 4 aromatic rings. The van der Waals surface area contributed by atoms with E-state index in [0.29, 0.717) is 17.9 Å². The Bertz CT molecular complexity index is 1510. The van der Waals surface area contributed by atoms with E-state index in [2.05, 4.69) is 39.9 Å². The van der Waals surface area contributed by atoms with E-state index in [1.807, 2.05) is 59.5 Å². The third-order valence-electron chi connectivity index (χ3n) is 7.18. The Balaban J connectivity index is 1.10. The van der Waals surface area contributed by atoms with E-state index in [1.54, 1.807) is 19.2 Å². The minimum absolute atomic E-state index is 0.0464. The number of rotatable bonds is 11. The number of ether oxygens (including phenoxy) is 1. The summed E-state index contributed by atoms with van der Waals surface area (Å²) in [6.07, 6.45) is 0.733. The van der Waals surface area contributed by atoms with Crippen LogP contribution in [-0.4, -0.2) is 59.2 Å². The summed E-state index contributed by atoms with van der Waals surface area (Å²) in [5.41, 5.74) is 6.47. The molecule has 1 atom stereocenters. The predicted octanol–water partition coefficient (Wildman–Crippen LogP) is 4.69. The van der Waals surface area contributed by atoms with Gasteiger partial charge in [0.1, 0.15) is 12.6 Å². The lowest BCUT2D eigenvalue weighted by molar-refractivity contribution is -0.142. The number of nitrogens with one attached hydrogen (secondary N) is 2. The molecule has 0 bridgehead atoms. The fraction of sp³-hybridized carbons (Fsp3) is 0.212. The lowest BCUT2D eigenvalue weighted by atomic mass is 9.98. The van der Waals surface area contributed by atoms with Crippen LogP contribution in [0.25, 0.3) is 11.1 Å². The van der Waals surface area contributed by atoms with Crippen molar-refractivity contribution in [1.29, 1.82) is 0 Å². The van der Waals surface area contributed by atoms with Gasteiger partial charge in [0.05, 0.1) is 18.3 Å². The van der Waals surface area contributed by atoms with E-state index in [-0.39, 0.29) is 25.5 Å². The summed E-state index contributed by atoms with van der Waals surface area (Å²) in [6.45, 7) is 0.892. The molecule has 1 heterocycles. The Hall–Kier alpha value is -5.02. The number of anilines is 1. The van der Waals surface area contributed by atoms with Crippen molar-refractivity contribution < 1.29 is 24.2 Å². The second-order valence-electron chi connectivity index (χ2n) is 10.3. The summed E-state index contributed by atoms with van der Waals surface area (Å²) in [7, 11) is 1.80. The van der Waals surface area contributed by atoms with Gasteiger partial charge in [-0.3, -0.25) is 20.0 Å². The number of carbonyl (C=O) groups excluding carboxylic acids is 2. The Kier molecular flexibility index (Phi) is 8.89. The second-order valence-corrected chi connectivity index (χ2v) is 10.3. The molecule has 0 fully saturated rings. The van der Waals surface area contributed by atoms with Crippen molar-refractivity contribution >= 4 is 23.7 Å². The molecule has 9 nitrogen and oxygen atoms in total. The largest absolute Gasteiger partial charge is 0.480 e. The third kappa shape index (κ3) is 7.00. The van der Waals surface area contributed by atoms with Crippen LogP contribution in [0.15, 0.2) is 97.2 Å². The topological polar surface area (TPSA) is 121 Å². The molecule has 42 heavy (non-hydrogen) atoms. The maximum atomic E-state index is 12.6. The van der Waals surface area contributed by atoms with Crippen molar-refractivity contribution in [2.24, 2.45) is 0 Å². The third-order valence-corrected chi connectivity index (χ3v) is 7.18. The minimum Gasteiger partial charge on any atom is -0.480 e. The molecule has 1 unspecified atom stereocenters. The van der Waals surface area contributed by atoms with Gasteiger partial charge in [0.2, 0.25) is 5.91 Å². The number of carboxylic acid groups (broad SMARTS) is 1. The molecular formula is C33H32N4O5. The average molecular weight is 565 g/mol. The van der Waals surface area contributed by atoms with Gasteiger partial charge in [0.25, 0.3) is 0 Å². The van der Waals surface area contributed by atoms with Gasteiger partial charge in [-0.05, 0) is 47.0 Å². The second kappa shape index (κ2) is 13.1. The first-order valence-electron chi connectivity index (χ1n) is 13.7. The van der Waals surface area contributed by atoms with Crippen molar-refractivity contribution in [1.82, 2.24) is 15.2 Å². The highest BCUT2D eigenvalue weighted by Crippen LogP contribution is 2.44. The van der Waals surface area contributed by atoms with Crippen molar-refractivity contribution in [3.8, 4) is 11.1 Å². The zero-order valence-electron chi connectivity index (χ0n) is 23.2. The molecule has 3 aromatic carbocycles. The molecule has 0 spiro atoms. The summed E-state index contributed by atoms with van der Waals surface area (Å²) in [4.78, 5) is 43.0. The number of hydrogen-bond acceptors (Lipinski definition) is 6. The van der Waals surface area contributed by atoms with Crippen LogP contribution in [0.3, 0.4) is 0 Å². The van der Waals surface area contributed by atoms with E-state index in [1.165, 1.54) is 6.20 Å². The number of aromatic nitrogens is 1. The molecule has 0 saturated heterocycles. The number of benzene rings is 3. The van der Waals surface area contributed by atoms with Crippen LogP contribution in [0.5, 0.6) is 0 Å². The molecule has 1 aliphatic carbocycles. The fourth-order valence-electron chi connectivity index (χ4n) is 5.22. The Labute approximate surface area is 244 Å². The van der Waals surface area contributed by atoms with Gasteiger partial charge in [0, 0.05) is 24.7 Å². The Morgan fingerprint density at radius 1 is 0.905 bits per heavy atom. The number of aliphatic carboxylic acids is 1. The number of fused-ring (bicyclic) bond motifs is 3. The minimum atomic E-state index is -1.11. The number of carbonyl (C=O) groups is 3. The lowest BCUT2D eigenvalue weighted by Gasteiger charge is -2.22. The molecule has 0 radical (unpaired) electrons. The molecule has 1 aromatic heterocycles. The van der Waals surface area contributed by atoms with Crippen molar-refractivity contribution in [2.45, 2.75) is 24.9 Å². The first-order valence-corrected chi connectivity index (χ1v) is 13.7. The van der Waals surface area contributed by atoms with Crippen LogP contribution in [-0.2, 0) is 27.3 Å². The SMILES string of the molecule is CN(Cc1ccccc1)CC(NC(=O)Cc1ccc(NC(=O)OCC2c3ccccc3-c3ccccc32)cn1)C(=O)O. The van der Waals surface area contributed by atoms with Crippen LogP contribution >= 0.6 is 0 Å². The van der Waals surface area contributed by atoms with E-state index in [0.717, 1.165) is 27.8 Å². The molecule has 1 aliphatic rings. The highest BCUT2D eigenvalue weighted by Gasteiger charge is 2.29. The first-order chi connectivity index (χ1) is 20.4. The number of pyridine rings is 1. The fourth-order valence-corrected chi connectivity index (χ4v) is 5.22. The number of carboxylic acids is 1. The van der Waals surface area contributed by atoms with E-state index in [4.69, 9.17) is 4.74 Å². The summed E-state index contributed by atoms with van der Waals surface area (Å²) >= 11 is 0. The van der Waals surface area contributed by atoms with Crippen LogP contribution in [0.1, 0.15) is 28.3 Å². The Morgan fingerprint density at radius 2 is 1.55 bits per heavy atom. The lowest BCUT2D eigenvalue weighted by Crippen LogP contribution is -2.48. The molecule has 5 rings (SSSR count). The molecule has 9 heteroatoms. The van der Waals surface area contributed by atoms with Gasteiger partial charge >= 0.3 is 12.1 Å². The number of likely N-dealkylation sites (N-methyl/N-ethyl adjacent to an activating group) is 1. The molecule has 214 valence electrons. The monoisotopic (exact) mass is 564 g/mol. The number of nitrogens with zero attached hydrogens (tertiary/aromatic N) is 2. The maximum Gasteiger partial charge on any atom is 0.411 e. The normalized spacial score (nSPS) is 12.7. The van der Waals surface area contributed by atoms with Gasteiger partial charge < -0.3 is 15.2 Å². The average Bonchev–Trinajstić information content (AvgIpc) is 3.31. The zero-order chi connectivity index (χ0) is 29.5. The van der Waals surface area contributed by atoms with Gasteiger partial charge in [0.15, 0.2) is 0 Å². The van der Waals surface area contributed by atoms with Crippen LogP contribution in [0, 0.1) is 0 Å². The van der Waals surface area contributed by atoms with Crippen LogP contribution in [0.4, 0.5) is 10.5 Å². The zero-order valence-corrected chi connectivity index (χ0v) is 23.2. The van der Waals surface area contributed by atoms with Gasteiger partial charge in [-0.1, -0.05) is 78.9 Å². The molecular weight excluding hydrogens is 532 g/mol. The summed E-state index contributed by atoms with van der Waals surface area (Å²) < 4.78 is 5.57. The van der Waals surface area contributed by atoms with Crippen molar-refractivity contribution in [3.63, 3.8) is 0 Å². The van der Waals surface area contributed by atoms with Crippen molar-refractivity contribution in [3.05, 3.63) is 120 Å². The standard InChI is InChI=1S/C33H32N4O5/c1-37(19-22-9-3-2-4-10-22)20-30(32(39)40)36-31(38)17-23-15-16-24(18-34-23)35-33(41)42-21-29-27-13-7-5-11-25(27)26-12-6-8-14-28(26)29/h2-16,18,29-30H,17,19-21H2,1H3,(H,35,41)(H,36,38)(H,39,40). The predicted molar refractivity (Wildman–Crippen MR) is 159 cm³/mol. The summed E-state index contributed by atoms with van der Waals surface area (Å²) in [5, 5.41) is 14.9. The smallest absolute Gasteiger partial charge is 0.411 e. The van der Waals surface area contributed by atoms with E-state index < -0.39 is 24.0 Å². The van der Waals surface area contributed by atoms with Gasteiger partial charge in [-0.2, -0.15) is 0 Å². The molecule has 0 aliphatic heterocycles. The number of amides is 2. The maximum absolute atomic E-state index is 12.6. The van der Waals surface area contributed by atoms with Crippen molar-refractivity contribution in [2.75, 3.05) is 25.5 Å². The van der Waals surface area contributed by atoms with Gasteiger partial charge in [-0.25, -0.2) is 9.59 Å². The number of hydrogen-bond donors (Lipinski definition) is 3. The molecule has 0 saturated carbocycles. The van der Waals surface area contributed by atoms with E-state index in [9.17, 15) is 19.5 Å². The van der Waals surface area contributed by atoms with Crippen LogP contribution in [0.2, 0.25) is 0 Å². The highest BCUT2D eigenvalue weighted by atomic mass is 16.5. The quantitative estimate of drug-likeness (QED) is 0.242. The highest BCUT2D eigenvalue weighted by molar-refractivity contribution is 5.86. The van der Waals surface area contributed by atoms with Gasteiger partial charge in [-0.15, -0.1) is 0 Å². The molecule has 2 amide bonds. The molecule has 3 N–H and O–H groups in total.